The van der Waals surface area contributed by atoms with Crippen LogP contribution in [-0.4, -0.2) is 8.42 Å². The van der Waals surface area contributed by atoms with Crippen molar-refractivity contribution in [3.8, 4) is 0 Å². The average molecular weight is 376 g/mol. The van der Waals surface area contributed by atoms with Gasteiger partial charge in [0, 0.05) is 15.2 Å². The highest BCUT2D eigenvalue weighted by molar-refractivity contribution is 9.10. The molecule has 0 radical (unpaired) electrons. The average Bonchev–Trinajstić information content (AvgIpc) is 2.36. The van der Waals surface area contributed by atoms with Gasteiger partial charge < -0.3 is 5.73 Å². The van der Waals surface area contributed by atoms with Crippen LogP contribution < -0.4 is 10.5 Å². The van der Waals surface area contributed by atoms with Crippen LogP contribution in [0, 0.1) is 6.92 Å². The zero-order valence-electron chi connectivity index (χ0n) is 10.5. The van der Waals surface area contributed by atoms with Crippen LogP contribution in [0.2, 0.25) is 5.02 Å². The largest absolute Gasteiger partial charge is 0.399 e. The topological polar surface area (TPSA) is 72.2 Å². The Morgan fingerprint density at radius 1 is 1.20 bits per heavy atom. The lowest BCUT2D eigenvalue weighted by molar-refractivity contribution is 0.600. The molecule has 0 bridgehead atoms. The van der Waals surface area contributed by atoms with Gasteiger partial charge in [0.05, 0.1) is 5.69 Å². The van der Waals surface area contributed by atoms with E-state index in [9.17, 15) is 8.42 Å². The summed E-state index contributed by atoms with van der Waals surface area (Å²) in [6, 6.07) is 9.61. The fourth-order valence-electron chi connectivity index (χ4n) is 1.63. The molecule has 2 rings (SSSR count). The Bertz CT molecular complexity index is 763. The van der Waals surface area contributed by atoms with E-state index >= 15 is 0 Å². The maximum atomic E-state index is 12.4. The van der Waals surface area contributed by atoms with Crippen LogP contribution in [0.25, 0.3) is 0 Å². The lowest BCUT2D eigenvalue weighted by Crippen LogP contribution is -2.14. The molecule has 106 valence electrons. The van der Waals surface area contributed by atoms with E-state index in [0.29, 0.717) is 20.9 Å². The second-order valence-electron chi connectivity index (χ2n) is 4.25. The fraction of sp³-hybridized carbons (Fsp3) is 0.0769. The van der Waals surface area contributed by atoms with E-state index in [0.717, 1.165) is 5.56 Å². The Hall–Kier alpha value is -1.24. The van der Waals surface area contributed by atoms with Gasteiger partial charge in [0.25, 0.3) is 10.0 Å². The molecule has 0 aliphatic heterocycles. The van der Waals surface area contributed by atoms with Crippen molar-refractivity contribution >= 4 is 48.9 Å². The number of rotatable bonds is 3. The van der Waals surface area contributed by atoms with Gasteiger partial charge in [-0.3, -0.25) is 4.72 Å². The molecular weight excluding hydrogens is 364 g/mol. The Morgan fingerprint density at radius 2 is 1.90 bits per heavy atom. The van der Waals surface area contributed by atoms with Crippen molar-refractivity contribution < 1.29 is 8.42 Å². The molecule has 0 fully saturated rings. The Balaban J connectivity index is 2.46. The molecule has 0 aromatic heterocycles. The lowest BCUT2D eigenvalue weighted by Gasteiger charge is -2.12. The van der Waals surface area contributed by atoms with Crippen molar-refractivity contribution in [3.05, 3.63) is 51.5 Å². The minimum atomic E-state index is -3.74. The zero-order valence-corrected chi connectivity index (χ0v) is 13.7. The third kappa shape index (κ3) is 3.26. The summed E-state index contributed by atoms with van der Waals surface area (Å²) in [5, 5.41) is 0.458. The minimum Gasteiger partial charge on any atom is -0.399 e. The van der Waals surface area contributed by atoms with Crippen LogP contribution in [0.3, 0.4) is 0 Å². The van der Waals surface area contributed by atoms with E-state index in [-0.39, 0.29) is 4.90 Å². The Morgan fingerprint density at radius 3 is 2.60 bits per heavy atom. The van der Waals surface area contributed by atoms with Gasteiger partial charge in [0.2, 0.25) is 0 Å². The quantitative estimate of drug-likeness (QED) is 0.802. The summed E-state index contributed by atoms with van der Waals surface area (Å²) in [5.41, 5.74) is 7.22. The highest BCUT2D eigenvalue weighted by atomic mass is 79.9. The Kier molecular flexibility index (Phi) is 4.27. The highest BCUT2D eigenvalue weighted by Gasteiger charge is 2.19. The molecule has 0 saturated heterocycles. The van der Waals surface area contributed by atoms with Gasteiger partial charge in [0.15, 0.2) is 0 Å². The normalized spacial score (nSPS) is 11.3. The lowest BCUT2D eigenvalue weighted by atomic mass is 10.2. The number of hydrogen-bond acceptors (Lipinski definition) is 3. The van der Waals surface area contributed by atoms with E-state index in [1.165, 1.54) is 6.07 Å². The van der Waals surface area contributed by atoms with Crippen molar-refractivity contribution in [1.29, 1.82) is 0 Å². The van der Waals surface area contributed by atoms with E-state index in [2.05, 4.69) is 20.7 Å². The molecule has 0 unspecified atom stereocenters. The van der Waals surface area contributed by atoms with Gasteiger partial charge in [-0.1, -0.05) is 17.7 Å². The first-order chi connectivity index (χ1) is 9.29. The fourth-order valence-corrected chi connectivity index (χ4v) is 3.92. The molecule has 4 nitrogen and oxygen atoms in total. The van der Waals surface area contributed by atoms with Crippen LogP contribution in [0.15, 0.2) is 45.8 Å². The second-order valence-corrected chi connectivity index (χ2v) is 7.20. The van der Waals surface area contributed by atoms with E-state index in [1.54, 1.807) is 37.3 Å². The van der Waals surface area contributed by atoms with Gasteiger partial charge in [-0.05, 0) is 58.7 Å². The molecule has 2 aromatic carbocycles. The first-order valence-corrected chi connectivity index (χ1v) is 8.29. The summed E-state index contributed by atoms with van der Waals surface area (Å²) in [5.74, 6) is 0. The molecule has 0 saturated carbocycles. The van der Waals surface area contributed by atoms with Crippen molar-refractivity contribution in [3.63, 3.8) is 0 Å². The van der Waals surface area contributed by atoms with E-state index in [4.69, 9.17) is 17.3 Å². The molecule has 2 aromatic rings. The number of nitrogens with two attached hydrogens (primary N) is 1. The van der Waals surface area contributed by atoms with Gasteiger partial charge in [0.1, 0.15) is 4.90 Å². The van der Waals surface area contributed by atoms with Crippen LogP contribution in [0.5, 0.6) is 0 Å². The number of nitrogen functional groups attached to an aromatic ring is 1. The minimum absolute atomic E-state index is 0.0804. The van der Waals surface area contributed by atoms with Gasteiger partial charge in [-0.2, -0.15) is 0 Å². The first kappa shape index (κ1) is 15.2. The predicted molar refractivity (Wildman–Crippen MR) is 85.6 cm³/mol. The van der Waals surface area contributed by atoms with E-state index < -0.39 is 10.0 Å². The first-order valence-electron chi connectivity index (χ1n) is 5.63. The number of aryl methyl sites for hydroxylation is 1. The van der Waals surface area contributed by atoms with Gasteiger partial charge >= 0.3 is 0 Å². The summed E-state index contributed by atoms with van der Waals surface area (Å²) in [6.07, 6.45) is 0. The summed E-state index contributed by atoms with van der Waals surface area (Å²) in [4.78, 5) is 0.0804. The maximum absolute atomic E-state index is 12.4. The molecule has 0 amide bonds. The highest BCUT2D eigenvalue weighted by Crippen LogP contribution is 2.28. The summed E-state index contributed by atoms with van der Waals surface area (Å²) in [7, 11) is -3.74. The monoisotopic (exact) mass is 374 g/mol. The van der Waals surface area contributed by atoms with Crippen molar-refractivity contribution in [2.75, 3.05) is 10.5 Å². The smallest absolute Gasteiger partial charge is 0.263 e. The van der Waals surface area contributed by atoms with Gasteiger partial charge in [-0.25, -0.2) is 8.42 Å². The molecular formula is C13H12BrClN2O2S. The molecule has 0 heterocycles. The summed E-state index contributed by atoms with van der Waals surface area (Å²) >= 11 is 9.10. The van der Waals surface area contributed by atoms with Crippen molar-refractivity contribution in [2.45, 2.75) is 11.8 Å². The van der Waals surface area contributed by atoms with Crippen LogP contribution in [-0.2, 0) is 10.0 Å². The number of halogens is 2. The number of sulfonamides is 1. The number of anilines is 2. The summed E-state index contributed by atoms with van der Waals surface area (Å²) in [6.45, 7) is 1.79. The van der Waals surface area contributed by atoms with Crippen molar-refractivity contribution in [2.24, 2.45) is 0 Å². The zero-order chi connectivity index (χ0) is 14.9. The third-order valence-corrected chi connectivity index (χ3v) is 5.28. The molecule has 0 spiro atoms. The molecule has 20 heavy (non-hydrogen) atoms. The van der Waals surface area contributed by atoms with E-state index in [1.807, 2.05) is 0 Å². The second kappa shape index (κ2) is 5.63. The third-order valence-electron chi connectivity index (χ3n) is 2.69. The van der Waals surface area contributed by atoms with Gasteiger partial charge in [-0.15, -0.1) is 0 Å². The Labute approximate surface area is 131 Å². The number of nitrogens with one attached hydrogen (secondary N) is 1. The molecule has 0 atom stereocenters. The maximum Gasteiger partial charge on any atom is 0.263 e. The SMILES string of the molecule is Cc1ccc(Cl)cc1NS(=O)(=O)c1cc(N)ccc1Br. The molecule has 0 aliphatic carbocycles. The molecule has 3 N–H and O–H groups in total. The van der Waals surface area contributed by atoms with Crippen molar-refractivity contribution in [1.82, 2.24) is 0 Å². The van der Waals surface area contributed by atoms with Crippen LogP contribution >= 0.6 is 27.5 Å². The predicted octanol–water partition coefficient (Wildman–Crippen LogP) is 3.79. The van der Waals surface area contributed by atoms with Crippen LogP contribution in [0.1, 0.15) is 5.56 Å². The number of benzene rings is 2. The molecule has 7 heteroatoms. The standard InChI is InChI=1S/C13H12BrClN2O2S/c1-8-2-3-9(15)6-12(8)17-20(18,19)13-7-10(16)4-5-11(13)14/h2-7,17H,16H2,1H3. The number of hydrogen-bond donors (Lipinski definition) is 2. The molecule has 0 aliphatic rings. The van der Waals surface area contributed by atoms with Crippen LogP contribution in [0.4, 0.5) is 11.4 Å². The summed E-state index contributed by atoms with van der Waals surface area (Å²) < 4.78 is 27.8.